The Bertz CT molecular complexity index is 431. The van der Waals surface area contributed by atoms with Crippen molar-refractivity contribution in [2.45, 2.75) is 25.3 Å². The molecule has 0 fully saturated rings. The summed E-state index contributed by atoms with van der Waals surface area (Å²) in [4.78, 5) is 13.7. The lowest BCUT2D eigenvalue weighted by atomic mass is 10.1. The van der Waals surface area contributed by atoms with Crippen LogP contribution in [0, 0.1) is 0 Å². The first-order valence-electron chi connectivity index (χ1n) is 5.69. The number of carbonyl (C=O) groups is 1. The molecule has 1 aromatic carbocycles. The van der Waals surface area contributed by atoms with E-state index in [0.717, 1.165) is 24.2 Å². The molecule has 3 nitrogen and oxygen atoms in total. The van der Waals surface area contributed by atoms with E-state index >= 15 is 0 Å². The number of ether oxygens (including phenoxy) is 1. The molecule has 1 atom stereocenters. The molecule has 1 amide bonds. The van der Waals surface area contributed by atoms with E-state index in [-0.39, 0.29) is 5.91 Å². The Balaban J connectivity index is 2.24. The largest absolute Gasteiger partial charge is 0.380 e. The molecule has 2 rings (SSSR count). The number of hydrogen-bond donors (Lipinski definition) is 0. The zero-order valence-electron chi connectivity index (χ0n) is 10.1. The van der Waals surface area contributed by atoms with Crippen LogP contribution >= 0.6 is 11.6 Å². The number of carbonyl (C=O) groups excluding carboxylic acids is 1. The van der Waals surface area contributed by atoms with Gasteiger partial charge in [0.05, 0.1) is 6.61 Å². The van der Waals surface area contributed by atoms with Crippen molar-refractivity contribution >= 4 is 23.2 Å². The maximum atomic E-state index is 11.9. The molecular weight excluding hydrogens is 238 g/mol. The van der Waals surface area contributed by atoms with E-state index in [1.807, 2.05) is 12.1 Å². The minimum atomic E-state index is -0.473. The van der Waals surface area contributed by atoms with E-state index in [1.165, 1.54) is 5.56 Å². The summed E-state index contributed by atoms with van der Waals surface area (Å²) >= 11 is 5.84. The molecule has 0 N–H and O–H groups in total. The van der Waals surface area contributed by atoms with Gasteiger partial charge in [0.2, 0.25) is 5.91 Å². The smallest absolute Gasteiger partial charge is 0.244 e. The quantitative estimate of drug-likeness (QED) is 0.774. The third-order valence-corrected chi connectivity index (χ3v) is 3.14. The average molecular weight is 254 g/mol. The lowest BCUT2D eigenvalue weighted by Gasteiger charge is -2.18. The topological polar surface area (TPSA) is 29.5 Å². The van der Waals surface area contributed by atoms with Crippen LogP contribution < -0.4 is 4.90 Å². The summed E-state index contributed by atoms with van der Waals surface area (Å²) in [5.41, 5.74) is 3.33. The standard InChI is InChI=1S/C13H16ClNO2/c1-9(14)13(16)15-6-5-11-7-10(8-17-2)3-4-12(11)15/h3-4,7,9H,5-6,8H2,1-2H3/t9-/m0/s1. The molecule has 17 heavy (non-hydrogen) atoms. The molecule has 0 aromatic heterocycles. The van der Waals surface area contributed by atoms with Gasteiger partial charge in [0.15, 0.2) is 0 Å². The summed E-state index contributed by atoms with van der Waals surface area (Å²) in [5.74, 6) is -0.0232. The fraction of sp³-hybridized carbons (Fsp3) is 0.462. The van der Waals surface area contributed by atoms with Gasteiger partial charge in [-0.2, -0.15) is 0 Å². The first-order valence-corrected chi connectivity index (χ1v) is 6.13. The van der Waals surface area contributed by atoms with Crippen molar-refractivity contribution < 1.29 is 9.53 Å². The van der Waals surface area contributed by atoms with Crippen molar-refractivity contribution in [3.05, 3.63) is 29.3 Å². The third kappa shape index (κ3) is 2.45. The second kappa shape index (κ2) is 5.07. The molecule has 0 unspecified atom stereocenters. The Morgan fingerprint density at radius 2 is 2.35 bits per heavy atom. The number of alkyl halides is 1. The zero-order valence-corrected chi connectivity index (χ0v) is 10.8. The van der Waals surface area contributed by atoms with Gasteiger partial charge in [0.1, 0.15) is 5.38 Å². The Kier molecular flexibility index (Phi) is 3.69. The van der Waals surface area contributed by atoms with Gasteiger partial charge in [0.25, 0.3) is 0 Å². The van der Waals surface area contributed by atoms with Gasteiger partial charge in [-0.15, -0.1) is 11.6 Å². The second-order valence-corrected chi connectivity index (χ2v) is 4.91. The highest BCUT2D eigenvalue weighted by atomic mass is 35.5. The van der Waals surface area contributed by atoms with Gasteiger partial charge in [-0.1, -0.05) is 12.1 Å². The summed E-state index contributed by atoms with van der Waals surface area (Å²) < 4.78 is 5.10. The van der Waals surface area contributed by atoms with Crippen molar-refractivity contribution in [3.63, 3.8) is 0 Å². The Labute approximate surface area is 106 Å². The summed E-state index contributed by atoms with van der Waals surface area (Å²) in [7, 11) is 1.68. The van der Waals surface area contributed by atoms with Crippen LogP contribution in [-0.4, -0.2) is 24.9 Å². The molecular formula is C13H16ClNO2. The maximum absolute atomic E-state index is 11.9. The maximum Gasteiger partial charge on any atom is 0.244 e. The van der Waals surface area contributed by atoms with Crippen molar-refractivity contribution in [2.24, 2.45) is 0 Å². The summed E-state index contributed by atoms with van der Waals surface area (Å²) in [5, 5.41) is -0.473. The number of halogens is 1. The van der Waals surface area contributed by atoms with E-state index in [0.29, 0.717) is 6.61 Å². The molecule has 0 saturated heterocycles. The molecule has 1 aromatic rings. The Hall–Kier alpha value is -1.06. The SMILES string of the molecule is COCc1ccc2c(c1)CCN2C(=O)[C@H](C)Cl. The van der Waals surface area contributed by atoms with Gasteiger partial charge < -0.3 is 9.64 Å². The molecule has 0 bridgehead atoms. The number of amides is 1. The molecule has 1 aliphatic heterocycles. The third-order valence-electron chi connectivity index (χ3n) is 2.96. The summed E-state index contributed by atoms with van der Waals surface area (Å²) in [6.07, 6.45) is 0.891. The lowest BCUT2D eigenvalue weighted by molar-refractivity contribution is -0.117. The second-order valence-electron chi connectivity index (χ2n) is 4.25. The molecule has 1 heterocycles. The van der Waals surface area contributed by atoms with Crippen molar-refractivity contribution in [1.29, 1.82) is 0 Å². The zero-order chi connectivity index (χ0) is 12.4. The summed E-state index contributed by atoms with van der Waals surface area (Å²) in [6, 6.07) is 6.08. The predicted octanol–water partition coefficient (Wildman–Crippen LogP) is 2.35. The first kappa shape index (κ1) is 12.4. The molecule has 0 saturated carbocycles. The van der Waals surface area contributed by atoms with Gasteiger partial charge in [0, 0.05) is 19.3 Å². The molecule has 0 radical (unpaired) electrons. The number of benzene rings is 1. The molecule has 0 aliphatic carbocycles. The fourth-order valence-electron chi connectivity index (χ4n) is 2.16. The van der Waals surface area contributed by atoms with Crippen LogP contribution in [0.2, 0.25) is 0 Å². The van der Waals surface area contributed by atoms with Gasteiger partial charge in [-0.3, -0.25) is 4.79 Å². The highest BCUT2D eigenvalue weighted by Crippen LogP contribution is 2.30. The fourth-order valence-corrected chi connectivity index (χ4v) is 2.27. The predicted molar refractivity (Wildman–Crippen MR) is 68.5 cm³/mol. The van der Waals surface area contributed by atoms with E-state index in [4.69, 9.17) is 16.3 Å². The van der Waals surface area contributed by atoms with Crippen LogP contribution in [0.4, 0.5) is 5.69 Å². The minimum absolute atomic E-state index is 0.0232. The van der Waals surface area contributed by atoms with Crippen molar-refractivity contribution in [1.82, 2.24) is 0 Å². The Morgan fingerprint density at radius 1 is 1.59 bits per heavy atom. The van der Waals surface area contributed by atoms with E-state index in [9.17, 15) is 4.79 Å². The number of hydrogen-bond acceptors (Lipinski definition) is 2. The number of rotatable bonds is 3. The minimum Gasteiger partial charge on any atom is -0.380 e. The average Bonchev–Trinajstić information content (AvgIpc) is 2.71. The normalized spacial score (nSPS) is 15.8. The highest BCUT2D eigenvalue weighted by molar-refractivity contribution is 6.32. The van der Waals surface area contributed by atoms with E-state index in [1.54, 1.807) is 18.9 Å². The van der Waals surface area contributed by atoms with Crippen molar-refractivity contribution in [2.75, 3.05) is 18.6 Å². The van der Waals surface area contributed by atoms with Crippen LogP contribution in [0.1, 0.15) is 18.1 Å². The monoisotopic (exact) mass is 253 g/mol. The van der Waals surface area contributed by atoms with Gasteiger partial charge in [-0.25, -0.2) is 0 Å². The molecule has 4 heteroatoms. The van der Waals surface area contributed by atoms with E-state index < -0.39 is 5.38 Å². The first-order chi connectivity index (χ1) is 8.13. The highest BCUT2D eigenvalue weighted by Gasteiger charge is 2.26. The van der Waals surface area contributed by atoms with E-state index in [2.05, 4.69) is 6.07 Å². The van der Waals surface area contributed by atoms with Gasteiger partial charge >= 0.3 is 0 Å². The van der Waals surface area contributed by atoms with Gasteiger partial charge in [-0.05, 0) is 30.5 Å². The number of methoxy groups -OCH3 is 1. The number of anilines is 1. The van der Waals surface area contributed by atoms with Crippen LogP contribution in [-0.2, 0) is 22.6 Å². The lowest BCUT2D eigenvalue weighted by Crippen LogP contribution is -2.34. The molecule has 92 valence electrons. The van der Waals surface area contributed by atoms with Crippen LogP contribution in [0.25, 0.3) is 0 Å². The van der Waals surface area contributed by atoms with Crippen LogP contribution in [0.5, 0.6) is 0 Å². The number of fused-ring (bicyclic) bond motifs is 1. The van der Waals surface area contributed by atoms with Crippen molar-refractivity contribution in [3.8, 4) is 0 Å². The molecule has 1 aliphatic rings. The summed E-state index contributed by atoms with van der Waals surface area (Å²) in [6.45, 7) is 3.04. The Morgan fingerprint density at radius 3 is 3.00 bits per heavy atom. The number of nitrogens with zero attached hydrogens (tertiary/aromatic N) is 1. The molecule has 0 spiro atoms. The van der Waals surface area contributed by atoms with Crippen LogP contribution in [0.3, 0.4) is 0 Å². The van der Waals surface area contributed by atoms with Crippen LogP contribution in [0.15, 0.2) is 18.2 Å².